The lowest BCUT2D eigenvalue weighted by Gasteiger charge is -2.50. The van der Waals surface area contributed by atoms with Crippen molar-refractivity contribution < 1.29 is 95.6 Å². The van der Waals surface area contributed by atoms with Gasteiger partial charge in [-0.25, -0.2) is 0 Å². The third-order valence-electron chi connectivity index (χ3n) is 6.25. The molecule has 0 unspecified atom stereocenters. The molecule has 0 amide bonds. The summed E-state index contributed by atoms with van der Waals surface area (Å²) in [6.45, 7) is 6.34. The number of aliphatic hydroxyl groups is 1. The molecule has 0 saturated carbocycles. The quantitative estimate of drug-likeness (QED) is 0.138. The predicted octanol–water partition coefficient (Wildman–Crippen LogP) is -1.51. The van der Waals surface area contributed by atoms with Gasteiger partial charge in [0.15, 0.2) is 30.5 Å². The molecule has 10 atom stereocenters. The summed E-state index contributed by atoms with van der Waals surface area (Å²) in [5.74, 6) is -11.0. The van der Waals surface area contributed by atoms with Gasteiger partial charge in [-0.2, -0.15) is 0 Å². The van der Waals surface area contributed by atoms with Crippen molar-refractivity contribution in [1.29, 1.82) is 0 Å². The van der Waals surface area contributed by atoms with Crippen molar-refractivity contribution in [3.8, 4) is 0 Å². The predicted molar refractivity (Wildman–Crippen MR) is 146 cm³/mol. The molecule has 2 aliphatic rings. The number of hydrogen-bond donors (Lipinski definition) is 1. The van der Waals surface area contributed by atoms with Crippen LogP contribution < -0.4 is 0 Å². The summed E-state index contributed by atoms with van der Waals surface area (Å²) in [5.41, 5.74) is 0. The van der Waals surface area contributed by atoms with Crippen LogP contribution in [0.15, 0.2) is 0 Å². The number of esters is 8. The Bertz CT molecular complexity index is 1250. The molecule has 2 rings (SSSR count). The van der Waals surface area contributed by atoms with E-state index < -0.39 is 122 Å². The topological polar surface area (TPSA) is 258 Å². The van der Waals surface area contributed by atoms with Crippen molar-refractivity contribution in [2.75, 3.05) is 13.2 Å². The second-order valence-corrected chi connectivity index (χ2v) is 10.5. The van der Waals surface area contributed by atoms with E-state index in [1.54, 1.807) is 0 Å². The van der Waals surface area contributed by atoms with Crippen molar-refractivity contribution in [3.05, 3.63) is 0 Å². The zero-order valence-electron chi connectivity index (χ0n) is 27.3. The van der Waals surface area contributed by atoms with Gasteiger partial charge in [0.1, 0.15) is 25.4 Å². The van der Waals surface area contributed by atoms with E-state index in [9.17, 15) is 43.5 Å². The van der Waals surface area contributed by atoms with E-state index in [-0.39, 0.29) is 0 Å². The van der Waals surface area contributed by atoms with Gasteiger partial charge >= 0.3 is 53.7 Å². The third-order valence-corrected chi connectivity index (χ3v) is 6.25. The van der Waals surface area contributed by atoms with Crippen LogP contribution in [0.1, 0.15) is 55.4 Å². The molecule has 2 heterocycles. The highest BCUT2D eigenvalue weighted by molar-refractivity contribution is 5.70. The maximum Gasteiger partial charge on any atom is 0.326 e. The molecule has 0 radical (unpaired) electrons. The Labute approximate surface area is 273 Å². The van der Waals surface area contributed by atoms with Crippen molar-refractivity contribution in [2.45, 2.75) is 116 Å². The van der Waals surface area contributed by atoms with Crippen LogP contribution in [0.4, 0.5) is 0 Å². The Hall–Kier alpha value is -4.40. The first kappa shape index (κ1) is 39.8. The fraction of sp³-hybridized carbons (Fsp3) is 0.714. The Morgan fingerprint density at radius 3 is 1.31 bits per heavy atom. The first-order valence-electron chi connectivity index (χ1n) is 14.3. The smallest absolute Gasteiger partial charge is 0.326 e. The van der Waals surface area contributed by atoms with Gasteiger partial charge in [-0.1, -0.05) is 0 Å². The minimum Gasteiger partial charge on any atom is -0.463 e. The number of rotatable bonds is 12. The molecule has 0 aromatic heterocycles. The maximum absolute atomic E-state index is 12.3. The molecule has 48 heavy (non-hydrogen) atoms. The van der Waals surface area contributed by atoms with E-state index in [0.717, 1.165) is 55.4 Å². The molecule has 0 aromatic carbocycles. The lowest BCUT2D eigenvalue weighted by molar-refractivity contribution is -0.487. The van der Waals surface area contributed by atoms with E-state index >= 15 is 0 Å². The fourth-order valence-electron chi connectivity index (χ4n) is 4.79. The monoisotopic (exact) mass is 694 g/mol. The molecule has 20 heteroatoms. The van der Waals surface area contributed by atoms with Crippen molar-refractivity contribution in [3.63, 3.8) is 0 Å². The first-order valence-corrected chi connectivity index (χ1v) is 14.3. The van der Waals surface area contributed by atoms with Gasteiger partial charge in [0.05, 0.1) is 0 Å². The minimum absolute atomic E-state index is 0.677. The standard InChI is InChI=1S/C28H38O20/c1-11(29)38-9-19-21(40-13(3)31)23(42-15(5)33)25(44-17(7)35)27(46-19)48-28(37)26(45-18(8)36)24(43-16(6)34)22(41-14(4)32)20(47-28)10-39-12(2)30/h19-27,37H,9-10H2,1-8H3/t19-,20-,21-,22-,23+,24+,25+,26+,27-,28-/m1/s1. The second-order valence-electron chi connectivity index (χ2n) is 10.5. The Balaban J connectivity index is 2.77. The molecule has 2 saturated heterocycles. The highest BCUT2D eigenvalue weighted by atomic mass is 16.9. The van der Waals surface area contributed by atoms with Crippen LogP contribution in [0, 0.1) is 0 Å². The van der Waals surface area contributed by atoms with Crippen LogP contribution in [0.3, 0.4) is 0 Å². The Kier molecular flexibility index (Phi) is 14.2. The first-order chi connectivity index (χ1) is 22.2. The summed E-state index contributed by atoms with van der Waals surface area (Å²) in [6, 6.07) is 0. The van der Waals surface area contributed by atoms with Crippen LogP contribution in [0.5, 0.6) is 0 Å². The summed E-state index contributed by atoms with van der Waals surface area (Å²) in [7, 11) is 0. The van der Waals surface area contributed by atoms with Crippen molar-refractivity contribution >= 4 is 47.8 Å². The average molecular weight is 695 g/mol. The van der Waals surface area contributed by atoms with E-state index in [0.29, 0.717) is 0 Å². The van der Waals surface area contributed by atoms with Gasteiger partial charge in [-0.05, 0) is 0 Å². The van der Waals surface area contributed by atoms with Gasteiger partial charge in [-0.3, -0.25) is 43.1 Å². The zero-order valence-corrected chi connectivity index (χ0v) is 27.3. The zero-order chi connectivity index (χ0) is 36.5. The van der Waals surface area contributed by atoms with Gasteiger partial charge < -0.3 is 52.5 Å². The van der Waals surface area contributed by atoms with E-state index in [1.807, 2.05) is 0 Å². The molecule has 270 valence electrons. The summed E-state index contributed by atoms with van der Waals surface area (Å²) in [4.78, 5) is 96.3. The molecule has 2 fully saturated rings. The molecule has 1 N–H and O–H groups in total. The van der Waals surface area contributed by atoms with Gasteiger partial charge in [0.25, 0.3) is 0 Å². The summed E-state index contributed by atoms with van der Waals surface area (Å²) >= 11 is 0. The molecular formula is C28H38O20. The number of carbonyl (C=O) groups excluding carboxylic acids is 8. The number of carbonyl (C=O) groups is 8. The van der Waals surface area contributed by atoms with Crippen LogP contribution in [0.25, 0.3) is 0 Å². The van der Waals surface area contributed by atoms with E-state index in [2.05, 4.69) is 0 Å². The van der Waals surface area contributed by atoms with Gasteiger partial charge in [0, 0.05) is 55.4 Å². The van der Waals surface area contributed by atoms with E-state index in [4.69, 9.17) is 52.1 Å². The van der Waals surface area contributed by atoms with E-state index in [1.165, 1.54) is 0 Å². The molecule has 0 spiro atoms. The average Bonchev–Trinajstić information content (AvgIpc) is 2.92. The lowest BCUT2D eigenvalue weighted by Crippen LogP contribution is -2.71. The molecular weight excluding hydrogens is 656 g/mol. The third kappa shape index (κ3) is 11.4. The molecule has 0 aliphatic carbocycles. The van der Waals surface area contributed by atoms with Crippen LogP contribution >= 0.6 is 0 Å². The van der Waals surface area contributed by atoms with Crippen LogP contribution in [-0.4, -0.2) is 127 Å². The lowest BCUT2D eigenvalue weighted by atomic mass is 9.95. The highest BCUT2D eigenvalue weighted by Crippen LogP contribution is 2.39. The Morgan fingerprint density at radius 1 is 0.500 bits per heavy atom. The maximum atomic E-state index is 12.3. The van der Waals surface area contributed by atoms with Gasteiger partial charge in [0.2, 0.25) is 12.4 Å². The van der Waals surface area contributed by atoms with Crippen LogP contribution in [0.2, 0.25) is 0 Å². The largest absolute Gasteiger partial charge is 0.463 e. The second kappa shape index (κ2) is 17.1. The fourth-order valence-corrected chi connectivity index (χ4v) is 4.79. The minimum atomic E-state index is -3.31. The van der Waals surface area contributed by atoms with Crippen LogP contribution in [-0.2, 0) is 90.5 Å². The molecule has 0 aromatic rings. The van der Waals surface area contributed by atoms with Gasteiger partial charge in [-0.15, -0.1) is 0 Å². The SMILES string of the molecule is CC(=O)OC[C@H]1O[C@H](O[C@]2(O)O[C@H](COC(C)=O)[C@@H](OC(C)=O)[C@H](OC(C)=O)[C@@H]2OC(C)=O)[C@@H](OC(C)=O)[C@@H](OC(C)=O)[C@@H]1OC(C)=O. The van der Waals surface area contributed by atoms with Crippen molar-refractivity contribution in [2.24, 2.45) is 0 Å². The highest BCUT2D eigenvalue weighted by Gasteiger charge is 2.64. The Morgan fingerprint density at radius 2 is 0.875 bits per heavy atom. The summed E-state index contributed by atoms with van der Waals surface area (Å²) in [6.07, 6.45) is -16.5. The molecule has 0 bridgehead atoms. The summed E-state index contributed by atoms with van der Waals surface area (Å²) < 4.78 is 59.0. The molecule has 20 nitrogen and oxygen atoms in total. The normalized spacial score (nSPS) is 31.2. The number of ether oxygens (including phenoxy) is 11. The van der Waals surface area contributed by atoms with Crippen molar-refractivity contribution in [1.82, 2.24) is 0 Å². The summed E-state index contributed by atoms with van der Waals surface area (Å²) in [5, 5.41) is 11.9. The number of hydrogen-bond acceptors (Lipinski definition) is 20. The molecule has 2 aliphatic heterocycles.